The van der Waals surface area contributed by atoms with E-state index < -0.39 is 5.60 Å². The number of ether oxygens (including phenoxy) is 1. The molecular formula is C25H36O3. The fourth-order valence-corrected chi connectivity index (χ4v) is 5.65. The van der Waals surface area contributed by atoms with E-state index in [9.17, 15) is 9.90 Å². The lowest BCUT2D eigenvalue weighted by atomic mass is 9.62. The Bertz CT molecular complexity index is 687. The Kier molecular flexibility index (Phi) is 6.34. The minimum absolute atomic E-state index is 0.0315. The molecule has 1 aromatic carbocycles. The zero-order valence-corrected chi connectivity index (χ0v) is 17.9. The lowest BCUT2D eigenvalue weighted by Crippen LogP contribution is -2.43. The standard InChI is InChI=1S/C25H36O3/c1-18(10-8-16-24(2,3)27)20-14-15-21-22(13-9-17-25(20,21)4)28-23(26)19-11-6-5-7-12-19/h5-8,10-12,18,20-22,27H,9,13-17H2,1-4H3/b10-8+/t18-,20?,21-,22-,25+/m0/s1. The molecule has 3 heteroatoms. The Morgan fingerprint density at radius 3 is 2.68 bits per heavy atom. The smallest absolute Gasteiger partial charge is 0.338 e. The van der Waals surface area contributed by atoms with Gasteiger partial charge in [0.15, 0.2) is 0 Å². The van der Waals surface area contributed by atoms with Crippen molar-refractivity contribution >= 4 is 5.97 Å². The second kappa shape index (κ2) is 8.41. The molecule has 2 aliphatic rings. The molecule has 1 N–H and O–H groups in total. The van der Waals surface area contributed by atoms with Gasteiger partial charge < -0.3 is 9.84 Å². The number of rotatable bonds is 6. The van der Waals surface area contributed by atoms with Crippen LogP contribution < -0.4 is 0 Å². The Morgan fingerprint density at radius 1 is 1.29 bits per heavy atom. The molecule has 28 heavy (non-hydrogen) atoms. The minimum atomic E-state index is -0.653. The zero-order valence-electron chi connectivity index (χ0n) is 17.9. The maximum atomic E-state index is 12.6. The summed E-state index contributed by atoms with van der Waals surface area (Å²) in [5, 5.41) is 9.95. The maximum Gasteiger partial charge on any atom is 0.338 e. The highest BCUT2D eigenvalue weighted by Gasteiger charge is 2.53. The van der Waals surface area contributed by atoms with Gasteiger partial charge >= 0.3 is 5.97 Å². The van der Waals surface area contributed by atoms with Gasteiger partial charge in [0.25, 0.3) is 0 Å². The van der Waals surface area contributed by atoms with Gasteiger partial charge in [-0.15, -0.1) is 0 Å². The number of benzene rings is 1. The first-order chi connectivity index (χ1) is 13.2. The second-order valence-corrected chi connectivity index (χ2v) is 9.80. The Balaban J connectivity index is 1.67. The largest absolute Gasteiger partial charge is 0.458 e. The van der Waals surface area contributed by atoms with Gasteiger partial charge in [0.05, 0.1) is 11.2 Å². The summed E-state index contributed by atoms with van der Waals surface area (Å²) in [6.07, 6.45) is 10.8. The van der Waals surface area contributed by atoms with E-state index in [0.717, 1.165) is 19.3 Å². The van der Waals surface area contributed by atoms with Gasteiger partial charge in [-0.25, -0.2) is 4.79 Å². The Hall–Kier alpha value is -1.61. The molecule has 0 aromatic heterocycles. The van der Waals surface area contributed by atoms with Crippen molar-refractivity contribution in [3.8, 4) is 0 Å². The van der Waals surface area contributed by atoms with Gasteiger partial charge in [-0.05, 0) is 81.8 Å². The number of esters is 1. The molecule has 1 aromatic rings. The lowest BCUT2D eigenvalue weighted by molar-refractivity contribution is -0.0444. The number of aliphatic hydroxyl groups is 1. The summed E-state index contributed by atoms with van der Waals surface area (Å²) in [5.41, 5.74) is 0.213. The molecule has 2 fully saturated rings. The van der Waals surface area contributed by atoms with E-state index in [-0.39, 0.29) is 17.5 Å². The molecule has 0 amide bonds. The minimum Gasteiger partial charge on any atom is -0.458 e. The molecule has 0 radical (unpaired) electrons. The van der Waals surface area contributed by atoms with E-state index in [1.807, 2.05) is 44.2 Å². The van der Waals surface area contributed by atoms with E-state index in [1.165, 1.54) is 12.8 Å². The van der Waals surface area contributed by atoms with Crippen LogP contribution in [-0.2, 0) is 4.74 Å². The highest BCUT2D eigenvalue weighted by molar-refractivity contribution is 5.89. The number of allylic oxidation sites excluding steroid dienone is 1. The van der Waals surface area contributed by atoms with Crippen LogP contribution in [0.4, 0.5) is 0 Å². The third kappa shape index (κ3) is 4.68. The summed E-state index contributed by atoms with van der Waals surface area (Å²) in [5.74, 6) is 1.34. The molecule has 5 atom stereocenters. The third-order valence-corrected chi connectivity index (χ3v) is 7.10. The van der Waals surface area contributed by atoms with Crippen molar-refractivity contribution in [2.45, 2.75) is 77.9 Å². The first-order valence-corrected chi connectivity index (χ1v) is 10.9. The van der Waals surface area contributed by atoms with Crippen LogP contribution in [0.25, 0.3) is 0 Å². The summed E-state index contributed by atoms with van der Waals surface area (Å²) in [6, 6.07) is 9.35. The van der Waals surface area contributed by atoms with E-state index in [4.69, 9.17) is 4.74 Å². The first kappa shape index (κ1) is 21.1. The number of hydrogen-bond donors (Lipinski definition) is 1. The monoisotopic (exact) mass is 384 g/mol. The molecule has 154 valence electrons. The number of hydrogen-bond acceptors (Lipinski definition) is 3. The SMILES string of the molecule is C[C@@H](/C=C/CC(C)(C)O)C1CC[C@H]2[C@@H](OC(=O)c3ccccc3)CCC[C@]12C. The third-order valence-electron chi connectivity index (χ3n) is 7.10. The van der Waals surface area contributed by atoms with Crippen LogP contribution in [-0.4, -0.2) is 22.8 Å². The molecule has 0 saturated heterocycles. The summed E-state index contributed by atoms with van der Waals surface area (Å²) < 4.78 is 6.02. The van der Waals surface area contributed by atoms with E-state index in [0.29, 0.717) is 29.7 Å². The predicted molar refractivity (Wildman–Crippen MR) is 113 cm³/mol. The Labute approximate surface area is 170 Å². The zero-order chi connectivity index (χ0) is 20.4. The molecule has 0 spiro atoms. The predicted octanol–water partition coefficient (Wildman–Crippen LogP) is 5.78. The van der Waals surface area contributed by atoms with Crippen molar-refractivity contribution in [3.05, 3.63) is 48.0 Å². The van der Waals surface area contributed by atoms with E-state index in [1.54, 1.807) is 0 Å². The summed E-state index contributed by atoms with van der Waals surface area (Å²) in [4.78, 5) is 12.6. The fraction of sp³-hybridized carbons (Fsp3) is 0.640. The van der Waals surface area contributed by atoms with Crippen LogP contribution in [0.5, 0.6) is 0 Å². The van der Waals surface area contributed by atoms with Gasteiger partial charge in [-0.1, -0.05) is 44.2 Å². The lowest BCUT2D eigenvalue weighted by Gasteiger charge is -2.45. The molecule has 2 aliphatic carbocycles. The first-order valence-electron chi connectivity index (χ1n) is 10.9. The molecule has 1 unspecified atom stereocenters. The summed E-state index contributed by atoms with van der Waals surface area (Å²) in [6.45, 7) is 8.42. The van der Waals surface area contributed by atoms with Crippen molar-refractivity contribution in [3.63, 3.8) is 0 Å². The number of fused-ring (bicyclic) bond motifs is 1. The summed E-state index contributed by atoms with van der Waals surface area (Å²) >= 11 is 0. The maximum absolute atomic E-state index is 12.6. The van der Waals surface area contributed by atoms with Crippen molar-refractivity contribution in [2.24, 2.45) is 23.2 Å². The molecular weight excluding hydrogens is 348 g/mol. The van der Waals surface area contributed by atoms with Gasteiger partial charge in [0, 0.05) is 5.92 Å². The molecule has 2 saturated carbocycles. The van der Waals surface area contributed by atoms with Crippen molar-refractivity contribution in [2.75, 3.05) is 0 Å². The van der Waals surface area contributed by atoms with Gasteiger partial charge in [0.1, 0.15) is 6.10 Å². The van der Waals surface area contributed by atoms with Crippen LogP contribution >= 0.6 is 0 Å². The molecule has 0 bridgehead atoms. The molecule has 3 rings (SSSR count). The van der Waals surface area contributed by atoms with Crippen LogP contribution in [0.1, 0.15) is 76.6 Å². The van der Waals surface area contributed by atoms with E-state index >= 15 is 0 Å². The quantitative estimate of drug-likeness (QED) is 0.499. The number of carbonyl (C=O) groups is 1. The normalized spacial score (nSPS) is 31.5. The number of carbonyl (C=O) groups excluding carboxylic acids is 1. The second-order valence-electron chi connectivity index (χ2n) is 9.80. The van der Waals surface area contributed by atoms with Crippen LogP contribution in [0, 0.1) is 23.2 Å². The van der Waals surface area contributed by atoms with Gasteiger partial charge in [-0.3, -0.25) is 0 Å². The molecule has 0 aliphatic heterocycles. The molecule has 3 nitrogen and oxygen atoms in total. The highest BCUT2D eigenvalue weighted by Crippen LogP contribution is 2.58. The summed E-state index contributed by atoms with van der Waals surface area (Å²) in [7, 11) is 0. The molecule has 0 heterocycles. The fourth-order valence-electron chi connectivity index (χ4n) is 5.65. The topological polar surface area (TPSA) is 46.5 Å². The van der Waals surface area contributed by atoms with Crippen molar-refractivity contribution in [1.82, 2.24) is 0 Å². The van der Waals surface area contributed by atoms with Crippen LogP contribution in [0.2, 0.25) is 0 Å². The van der Waals surface area contributed by atoms with Gasteiger partial charge in [-0.2, -0.15) is 0 Å². The average Bonchev–Trinajstić information content (AvgIpc) is 2.99. The highest BCUT2D eigenvalue weighted by atomic mass is 16.5. The van der Waals surface area contributed by atoms with Gasteiger partial charge in [0.2, 0.25) is 0 Å². The Morgan fingerprint density at radius 2 is 2.00 bits per heavy atom. The van der Waals surface area contributed by atoms with E-state index in [2.05, 4.69) is 26.0 Å². The van der Waals surface area contributed by atoms with Crippen molar-refractivity contribution in [1.29, 1.82) is 0 Å². The average molecular weight is 385 g/mol. The van der Waals surface area contributed by atoms with Crippen LogP contribution in [0.15, 0.2) is 42.5 Å². The van der Waals surface area contributed by atoms with Crippen LogP contribution in [0.3, 0.4) is 0 Å². The van der Waals surface area contributed by atoms with Crippen molar-refractivity contribution < 1.29 is 14.6 Å².